The van der Waals surface area contributed by atoms with Crippen LogP contribution in [0, 0.1) is 0 Å². The molecule has 1 heterocycles. The summed E-state index contributed by atoms with van der Waals surface area (Å²) in [6, 6.07) is 8.12. The van der Waals surface area contributed by atoms with Crippen molar-refractivity contribution >= 4 is 6.41 Å². The molecule has 0 bridgehead atoms. The molecule has 1 aliphatic heterocycles. The molecule has 5 heteroatoms. The van der Waals surface area contributed by atoms with E-state index in [4.69, 9.17) is 10.5 Å². The Labute approximate surface area is 113 Å². The van der Waals surface area contributed by atoms with Crippen LogP contribution < -0.4 is 10.5 Å². The Morgan fingerprint density at radius 2 is 1.84 bits per heavy atom. The molecule has 19 heavy (non-hydrogen) atoms. The zero-order valence-electron chi connectivity index (χ0n) is 11.1. The van der Waals surface area contributed by atoms with Crippen molar-refractivity contribution in [2.45, 2.75) is 6.54 Å². The minimum absolute atomic E-state index is 0.531. The van der Waals surface area contributed by atoms with E-state index in [1.165, 1.54) is 5.56 Å². The number of hydrogen-bond acceptors (Lipinski definition) is 4. The molecule has 1 aromatic rings. The Morgan fingerprint density at radius 1 is 1.16 bits per heavy atom. The first-order valence-electron chi connectivity index (χ1n) is 6.65. The van der Waals surface area contributed by atoms with Crippen LogP contribution in [0.25, 0.3) is 0 Å². The second kappa shape index (κ2) is 7.11. The predicted octanol–water partition coefficient (Wildman–Crippen LogP) is 0.298. The van der Waals surface area contributed by atoms with E-state index in [0.29, 0.717) is 13.2 Å². The lowest BCUT2D eigenvalue weighted by Crippen LogP contribution is -2.45. The van der Waals surface area contributed by atoms with E-state index in [9.17, 15) is 4.79 Å². The molecule has 0 atom stereocenters. The third-order valence-corrected chi connectivity index (χ3v) is 3.27. The van der Waals surface area contributed by atoms with Crippen molar-refractivity contribution in [2.75, 3.05) is 39.3 Å². The lowest BCUT2D eigenvalue weighted by atomic mass is 10.2. The van der Waals surface area contributed by atoms with E-state index in [2.05, 4.69) is 17.0 Å². The highest BCUT2D eigenvalue weighted by molar-refractivity contribution is 5.47. The van der Waals surface area contributed by atoms with E-state index >= 15 is 0 Å². The van der Waals surface area contributed by atoms with Gasteiger partial charge in [0, 0.05) is 39.3 Å². The minimum Gasteiger partial charge on any atom is -0.492 e. The van der Waals surface area contributed by atoms with E-state index in [0.717, 1.165) is 44.9 Å². The van der Waals surface area contributed by atoms with Crippen molar-refractivity contribution in [1.29, 1.82) is 0 Å². The second-order valence-corrected chi connectivity index (χ2v) is 4.70. The Bertz CT molecular complexity index is 386. The van der Waals surface area contributed by atoms with Gasteiger partial charge in [0.1, 0.15) is 12.4 Å². The van der Waals surface area contributed by atoms with Gasteiger partial charge in [-0.15, -0.1) is 0 Å². The maximum absolute atomic E-state index is 10.6. The van der Waals surface area contributed by atoms with E-state index in [1.54, 1.807) is 0 Å². The predicted molar refractivity (Wildman–Crippen MR) is 73.9 cm³/mol. The van der Waals surface area contributed by atoms with Crippen LogP contribution in [0.4, 0.5) is 0 Å². The normalized spacial score (nSPS) is 16.4. The Kier molecular flexibility index (Phi) is 5.18. The van der Waals surface area contributed by atoms with Crippen LogP contribution in [0.3, 0.4) is 0 Å². The maximum atomic E-state index is 10.6. The van der Waals surface area contributed by atoms with Crippen LogP contribution in [0.1, 0.15) is 5.56 Å². The molecule has 0 unspecified atom stereocenters. The number of ether oxygens (including phenoxy) is 1. The van der Waals surface area contributed by atoms with Gasteiger partial charge in [-0.25, -0.2) is 0 Å². The van der Waals surface area contributed by atoms with Gasteiger partial charge < -0.3 is 15.4 Å². The molecule has 0 saturated carbocycles. The molecular weight excluding hydrogens is 242 g/mol. The number of benzene rings is 1. The standard InChI is InChI=1S/C14H21N3O2/c15-5-10-19-14-3-1-13(2-4-14)11-16-6-8-17(12-18)9-7-16/h1-4,12H,5-11,15H2. The quantitative estimate of drug-likeness (QED) is 0.750. The van der Waals surface area contributed by atoms with E-state index < -0.39 is 0 Å². The summed E-state index contributed by atoms with van der Waals surface area (Å²) in [7, 11) is 0. The minimum atomic E-state index is 0.531. The summed E-state index contributed by atoms with van der Waals surface area (Å²) < 4.78 is 5.44. The molecular formula is C14H21N3O2. The number of hydrogen-bond donors (Lipinski definition) is 1. The summed E-state index contributed by atoms with van der Waals surface area (Å²) in [5.74, 6) is 0.861. The van der Waals surface area contributed by atoms with Crippen molar-refractivity contribution < 1.29 is 9.53 Å². The van der Waals surface area contributed by atoms with Gasteiger partial charge >= 0.3 is 0 Å². The molecule has 2 rings (SSSR count). The molecule has 0 spiro atoms. The van der Waals surface area contributed by atoms with Crippen molar-refractivity contribution in [3.8, 4) is 5.75 Å². The number of carbonyl (C=O) groups excluding carboxylic acids is 1. The van der Waals surface area contributed by atoms with Crippen molar-refractivity contribution in [3.63, 3.8) is 0 Å². The smallest absolute Gasteiger partial charge is 0.209 e. The summed E-state index contributed by atoms with van der Waals surface area (Å²) in [6.07, 6.45) is 0.931. The van der Waals surface area contributed by atoms with Gasteiger partial charge in [0.25, 0.3) is 0 Å². The highest BCUT2D eigenvalue weighted by atomic mass is 16.5. The number of piperazine rings is 1. The van der Waals surface area contributed by atoms with Gasteiger partial charge in [0.2, 0.25) is 6.41 Å². The van der Waals surface area contributed by atoms with Crippen LogP contribution in [-0.4, -0.2) is 55.5 Å². The number of rotatable bonds is 6. The first-order chi connectivity index (χ1) is 9.31. The fourth-order valence-corrected chi connectivity index (χ4v) is 2.15. The van der Waals surface area contributed by atoms with E-state index in [1.807, 2.05) is 17.0 Å². The largest absolute Gasteiger partial charge is 0.492 e. The number of nitrogens with zero attached hydrogens (tertiary/aromatic N) is 2. The fraction of sp³-hybridized carbons (Fsp3) is 0.500. The lowest BCUT2D eigenvalue weighted by molar-refractivity contribution is -0.119. The van der Waals surface area contributed by atoms with Crippen LogP contribution in [0.5, 0.6) is 5.75 Å². The summed E-state index contributed by atoms with van der Waals surface area (Å²) in [6.45, 7) is 5.51. The van der Waals surface area contributed by atoms with Gasteiger partial charge in [0.15, 0.2) is 0 Å². The molecule has 104 valence electrons. The topological polar surface area (TPSA) is 58.8 Å². The zero-order chi connectivity index (χ0) is 13.5. The molecule has 1 aromatic carbocycles. The second-order valence-electron chi connectivity index (χ2n) is 4.70. The molecule has 0 aromatic heterocycles. The third kappa shape index (κ3) is 4.22. The fourth-order valence-electron chi connectivity index (χ4n) is 2.15. The summed E-state index contributed by atoms with van der Waals surface area (Å²) in [5, 5.41) is 0. The van der Waals surface area contributed by atoms with Gasteiger partial charge in [-0.05, 0) is 17.7 Å². The molecule has 2 N–H and O–H groups in total. The molecule has 1 saturated heterocycles. The van der Waals surface area contributed by atoms with Gasteiger partial charge in [-0.1, -0.05) is 12.1 Å². The van der Waals surface area contributed by atoms with Gasteiger partial charge in [0.05, 0.1) is 0 Å². The zero-order valence-corrected chi connectivity index (χ0v) is 11.1. The van der Waals surface area contributed by atoms with E-state index in [-0.39, 0.29) is 0 Å². The molecule has 1 fully saturated rings. The maximum Gasteiger partial charge on any atom is 0.209 e. The van der Waals surface area contributed by atoms with Gasteiger partial charge in [-0.3, -0.25) is 9.69 Å². The van der Waals surface area contributed by atoms with Crippen molar-refractivity contribution in [3.05, 3.63) is 29.8 Å². The average molecular weight is 263 g/mol. The summed E-state index contributed by atoms with van der Waals surface area (Å²) in [5.41, 5.74) is 6.66. The Morgan fingerprint density at radius 3 is 2.42 bits per heavy atom. The third-order valence-electron chi connectivity index (χ3n) is 3.27. The Hall–Kier alpha value is -1.59. The monoisotopic (exact) mass is 263 g/mol. The van der Waals surface area contributed by atoms with Crippen LogP contribution >= 0.6 is 0 Å². The number of nitrogens with two attached hydrogens (primary N) is 1. The summed E-state index contributed by atoms with van der Waals surface area (Å²) >= 11 is 0. The Balaban J connectivity index is 1.81. The highest BCUT2D eigenvalue weighted by Gasteiger charge is 2.15. The SMILES string of the molecule is NCCOc1ccc(CN2CCN(C=O)CC2)cc1. The molecule has 1 amide bonds. The first kappa shape index (κ1) is 13.8. The molecule has 1 aliphatic rings. The molecule has 0 radical (unpaired) electrons. The first-order valence-corrected chi connectivity index (χ1v) is 6.65. The summed E-state index contributed by atoms with van der Waals surface area (Å²) in [4.78, 5) is 14.8. The molecule has 5 nitrogen and oxygen atoms in total. The number of carbonyl (C=O) groups is 1. The van der Waals surface area contributed by atoms with Gasteiger partial charge in [-0.2, -0.15) is 0 Å². The van der Waals surface area contributed by atoms with Crippen LogP contribution in [0.2, 0.25) is 0 Å². The van der Waals surface area contributed by atoms with Crippen molar-refractivity contribution in [2.24, 2.45) is 5.73 Å². The number of amides is 1. The lowest BCUT2D eigenvalue weighted by Gasteiger charge is -2.32. The highest BCUT2D eigenvalue weighted by Crippen LogP contribution is 2.14. The van der Waals surface area contributed by atoms with Crippen LogP contribution in [-0.2, 0) is 11.3 Å². The van der Waals surface area contributed by atoms with Crippen LogP contribution in [0.15, 0.2) is 24.3 Å². The molecule has 0 aliphatic carbocycles. The van der Waals surface area contributed by atoms with Crippen molar-refractivity contribution in [1.82, 2.24) is 9.80 Å². The average Bonchev–Trinajstić information content (AvgIpc) is 2.47.